The van der Waals surface area contributed by atoms with Gasteiger partial charge in [-0.3, -0.25) is 9.59 Å². The van der Waals surface area contributed by atoms with Gasteiger partial charge in [-0.1, -0.05) is 36.4 Å². The number of hydrogen-bond acceptors (Lipinski definition) is 6. The molecule has 0 radical (unpaired) electrons. The number of ether oxygens (including phenoxy) is 3. The Morgan fingerprint density at radius 2 is 1.68 bits per heavy atom. The molecule has 1 heterocycles. The molecule has 0 fully saturated rings. The first-order chi connectivity index (χ1) is 18.4. The maximum absolute atomic E-state index is 13.6. The van der Waals surface area contributed by atoms with E-state index >= 15 is 0 Å². The Morgan fingerprint density at radius 1 is 0.921 bits per heavy atom. The molecule has 0 bridgehead atoms. The normalized spacial score (nSPS) is 10.9. The summed E-state index contributed by atoms with van der Waals surface area (Å²) in [6.07, 6.45) is 3.91. The van der Waals surface area contributed by atoms with E-state index in [1.165, 1.54) is 11.0 Å². The molecule has 0 atom stereocenters. The van der Waals surface area contributed by atoms with Gasteiger partial charge in [0.2, 0.25) is 11.8 Å². The summed E-state index contributed by atoms with van der Waals surface area (Å²) < 4.78 is 16.0. The average Bonchev–Trinajstić information content (AvgIpc) is 3.35. The molecule has 0 unspecified atom stereocenters. The lowest BCUT2D eigenvalue weighted by molar-refractivity contribution is -0.139. The predicted octanol–water partition coefficient (Wildman–Crippen LogP) is 4.83. The van der Waals surface area contributed by atoms with E-state index in [0.29, 0.717) is 44.2 Å². The Balaban J connectivity index is 1.76. The molecule has 1 aromatic heterocycles. The van der Waals surface area contributed by atoms with Gasteiger partial charge in [-0.15, -0.1) is 11.3 Å². The Bertz CT molecular complexity index is 1210. The molecule has 8 heteroatoms. The predicted molar refractivity (Wildman–Crippen MR) is 152 cm³/mol. The standard InChI is InChI=1S/C30H36N2O5S/c1-23-15-19-38-28(23)21-31(16-14-25-10-12-26(36-3)27(20-25)37-4)30(34)22-32(17-18-35-2)29(33)13-11-24-8-6-5-7-9-24/h5-13,15,19-20H,14,16-18,21-22H2,1-4H3. The molecule has 202 valence electrons. The van der Waals surface area contributed by atoms with Crippen molar-refractivity contribution in [3.63, 3.8) is 0 Å². The smallest absolute Gasteiger partial charge is 0.247 e. The molecule has 2 aromatic carbocycles. The zero-order chi connectivity index (χ0) is 27.3. The van der Waals surface area contributed by atoms with Crippen molar-refractivity contribution >= 4 is 29.2 Å². The van der Waals surface area contributed by atoms with Gasteiger partial charge in [-0.2, -0.15) is 0 Å². The number of carbonyl (C=O) groups excluding carboxylic acids is 2. The van der Waals surface area contributed by atoms with Gasteiger partial charge in [0.15, 0.2) is 11.5 Å². The molecule has 0 saturated carbocycles. The first-order valence-electron chi connectivity index (χ1n) is 12.5. The van der Waals surface area contributed by atoms with Crippen LogP contribution >= 0.6 is 11.3 Å². The van der Waals surface area contributed by atoms with E-state index in [4.69, 9.17) is 14.2 Å². The third-order valence-electron chi connectivity index (χ3n) is 6.19. The zero-order valence-corrected chi connectivity index (χ0v) is 23.3. The number of thiophene rings is 1. The lowest BCUT2D eigenvalue weighted by Crippen LogP contribution is -2.44. The summed E-state index contributed by atoms with van der Waals surface area (Å²) in [6, 6.07) is 17.4. The molecular formula is C30H36N2O5S. The van der Waals surface area contributed by atoms with Crippen molar-refractivity contribution in [2.45, 2.75) is 19.9 Å². The van der Waals surface area contributed by atoms with Crippen LogP contribution in [0.3, 0.4) is 0 Å². The Morgan fingerprint density at radius 3 is 2.34 bits per heavy atom. The Hall–Kier alpha value is -3.62. The van der Waals surface area contributed by atoms with E-state index in [1.54, 1.807) is 38.7 Å². The van der Waals surface area contributed by atoms with Crippen LogP contribution in [0, 0.1) is 6.92 Å². The third-order valence-corrected chi connectivity index (χ3v) is 7.20. The topological polar surface area (TPSA) is 68.3 Å². The zero-order valence-electron chi connectivity index (χ0n) is 22.5. The molecule has 2 amide bonds. The van der Waals surface area contributed by atoms with Crippen molar-refractivity contribution in [1.29, 1.82) is 0 Å². The van der Waals surface area contributed by atoms with Crippen molar-refractivity contribution in [3.8, 4) is 11.5 Å². The molecule has 38 heavy (non-hydrogen) atoms. The van der Waals surface area contributed by atoms with Crippen LogP contribution in [0.25, 0.3) is 6.08 Å². The van der Waals surface area contributed by atoms with E-state index in [2.05, 4.69) is 6.07 Å². The molecular weight excluding hydrogens is 500 g/mol. The highest BCUT2D eigenvalue weighted by Crippen LogP contribution is 2.28. The van der Waals surface area contributed by atoms with Crippen LogP contribution in [0.1, 0.15) is 21.6 Å². The minimum atomic E-state index is -0.230. The number of amides is 2. The first-order valence-corrected chi connectivity index (χ1v) is 13.4. The van der Waals surface area contributed by atoms with Crippen molar-refractivity contribution in [3.05, 3.63) is 87.6 Å². The van der Waals surface area contributed by atoms with Crippen molar-refractivity contribution in [2.24, 2.45) is 0 Å². The highest BCUT2D eigenvalue weighted by atomic mass is 32.1. The highest BCUT2D eigenvalue weighted by molar-refractivity contribution is 7.10. The number of methoxy groups -OCH3 is 3. The molecule has 0 spiro atoms. The number of carbonyl (C=O) groups is 2. The number of nitrogens with zero attached hydrogens (tertiary/aromatic N) is 2. The molecule has 0 aliphatic carbocycles. The number of benzene rings is 2. The molecule has 3 aromatic rings. The van der Waals surface area contributed by atoms with Gasteiger partial charge in [-0.25, -0.2) is 0 Å². The van der Waals surface area contributed by atoms with E-state index in [-0.39, 0.29) is 18.4 Å². The molecule has 0 aliphatic heterocycles. The van der Waals surface area contributed by atoms with Crippen molar-refractivity contribution in [2.75, 3.05) is 47.6 Å². The van der Waals surface area contributed by atoms with Crippen LogP contribution in [0.2, 0.25) is 0 Å². The van der Waals surface area contributed by atoms with Crippen LogP contribution in [0.15, 0.2) is 66.1 Å². The summed E-state index contributed by atoms with van der Waals surface area (Å²) >= 11 is 1.63. The van der Waals surface area contributed by atoms with E-state index < -0.39 is 0 Å². The van der Waals surface area contributed by atoms with Crippen LogP contribution in [-0.2, 0) is 27.3 Å². The van der Waals surface area contributed by atoms with E-state index in [1.807, 2.05) is 65.7 Å². The van der Waals surface area contributed by atoms with Crippen molar-refractivity contribution < 1.29 is 23.8 Å². The minimum absolute atomic E-state index is 0.0301. The maximum atomic E-state index is 13.6. The molecule has 0 saturated heterocycles. The Kier molecular flexibility index (Phi) is 11.4. The SMILES string of the molecule is COCCN(CC(=O)N(CCc1ccc(OC)c(OC)c1)Cc1sccc1C)C(=O)C=Cc1ccccc1. The third kappa shape index (κ3) is 8.46. The number of rotatable bonds is 14. The van der Waals surface area contributed by atoms with Gasteiger partial charge in [-0.05, 0) is 59.7 Å². The van der Waals surface area contributed by atoms with Gasteiger partial charge < -0.3 is 24.0 Å². The van der Waals surface area contributed by atoms with Crippen LogP contribution in [0.4, 0.5) is 0 Å². The minimum Gasteiger partial charge on any atom is -0.493 e. The molecule has 7 nitrogen and oxygen atoms in total. The van der Waals surface area contributed by atoms with Crippen LogP contribution in [0.5, 0.6) is 11.5 Å². The lowest BCUT2D eigenvalue weighted by Gasteiger charge is -2.27. The van der Waals surface area contributed by atoms with Crippen LogP contribution in [-0.4, -0.2) is 69.2 Å². The van der Waals surface area contributed by atoms with Gasteiger partial charge >= 0.3 is 0 Å². The highest BCUT2D eigenvalue weighted by Gasteiger charge is 2.21. The molecule has 0 N–H and O–H groups in total. The van der Waals surface area contributed by atoms with Gasteiger partial charge in [0, 0.05) is 31.2 Å². The Labute approximate surface area is 229 Å². The summed E-state index contributed by atoms with van der Waals surface area (Å²) in [7, 11) is 4.79. The number of hydrogen-bond donors (Lipinski definition) is 0. The summed E-state index contributed by atoms with van der Waals surface area (Å²) in [5, 5.41) is 2.03. The van der Waals surface area contributed by atoms with Crippen molar-refractivity contribution in [1.82, 2.24) is 9.80 Å². The second-order valence-corrected chi connectivity index (χ2v) is 9.78. The largest absolute Gasteiger partial charge is 0.493 e. The quantitative estimate of drug-likeness (QED) is 0.276. The first kappa shape index (κ1) is 28.9. The van der Waals surface area contributed by atoms with Gasteiger partial charge in [0.1, 0.15) is 6.54 Å². The second kappa shape index (κ2) is 15.0. The summed E-state index contributed by atoms with van der Waals surface area (Å²) in [4.78, 5) is 31.1. The van der Waals surface area contributed by atoms with Gasteiger partial charge in [0.25, 0.3) is 0 Å². The summed E-state index contributed by atoms with van der Waals surface area (Å²) in [5.74, 6) is 0.968. The summed E-state index contributed by atoms with van der Waals surface area (Å²) in [6.45, 7) is 3.67. The van der Waals surface area contributed by atoms with Crippen LogP contribution < -0.4 is 9.47 Å². The average molecular weight is 537 g/mol. The number of aryl methyl sites for hydroxylation is 1. The summed E-state index contributed by atoms with van der Waals surface area (Å²) in [5.41, 5.74) is 3.10. The molecule has 0 aliphatic rings. The second-order valence-electron chi connectivity index (χ2n) is 8.78. The van der Waals surface area contributed by atoms with E-state index in [9.17, 15) is 9.59 Å². The fraction of sp³-hybridized carbons (Fsp3) is 0.333. The monoisotopic (exact) mass is 536 g/mol. The fourth-order valence-electron chi connectivity index (χ4n) is 3.90. The maximum Gasteiger partial charge on any atom is 0.247 e. The fourth-order valence-corrected chi connectivity index (χ4v) is 4.82. The lowest BCUT2D eigenvalue weighted by atomic mass is 10.1. The van der Waals surface area contributed by atoms with E-state index in [0.717, 1.165) is 21.6 Å². The molecule has 3 rings (SSSR count). The van der Waals surface area contributed by atoms with Gasteiger partial charge in [0.05, 0.1) is 27.4 Å².